The van der Waals surface area contributed by atoms with Crippen LogP contribution in [-0.2, 0) is 0 Å². The van der Waals surface area contributed by atoms with Gasteiger partial charge in [-0.2, -0.15) is 0 Å². The second-order valence-electron chi connectivity index (χ2n) is 15.6. The van der Waals surface area contributed by atoms with Crippen LogP contribution in [0.3, 0.4) is 0 Å². The van der Waals surface area contributed by atoms with Gasteiger partial charge in [-0.25, -0.2) is 0 Å². The van der Waals surface area contributed by atoms with Crippen LogP contribution in [0.1, 0.15) is 0 Å². The molecular formula is C58H37NOS. The predicted octanol–water partition coefficient (Wildman–Crippen LogP) is 17.2. The molecule has 0 radical (unpaired) electrons. The molecule has 0 aliphatic rings. The minimum atomic E-state index is 0.901. The Morgan fingerprint density at radius 2 is 0.902 bits per heavy atom. The number of hydrogen-bond acceptors (Lipinski definition) is 3. The number of rotatable bonds is 7. The molecule has 286 valence electrons. The molecule has 0 aliphatic carbocycles. The molecule has 0 N–H and O–H groups in total. The van der Waals surface area contributed by atoms with E-state index >= 15 is 0 Å². The molecule has 0 aliphatic heterocycles. The third kappa shape index (κ3) is 6.09. The summed E-state index contributed by atoms with van der Waals surface area (Å²) >= 11 is 1.87. The maximum absolute atomic E-state index is 6.27. The van der Waals surface area contributed by atoms with Gasteiger partial charge in [0.15, 0.2) is 0 Å². The Bertz CT molecular complexity index is 3560. The van der Waals surface area contributed by atoms with Crippen molar-refractivity contribution in [3.05, 3.63) is 224 Å². The van der Waals surface area contributed by atoms with Gasteiger partial charge in [0.1, 0.15) is 11.2 Å². The molecule has 3 heteroatoms. The Hall–Kier alpha value is -7.72. The normalized spacial score (nSPS) is 11.6. The van der Waals surface area contributed by atoms with E-state index in [1.165, 1.54) is 64.3 Å². The summed E-state index contributed by atoms with van der Waals surface area (Å²) in [6.07, 6.45) is 0. The van der Waals surface area contributed by atoms with E-state index in [1.54, 1.807) is 0 Å². The molecule has 0 atom stereocenters. The van der Waals surface area contributed by atoms with Crippen LogP contribution in [0.4, 0.5) is 17.1 Å². The topological polar surface area (TPSA) is 16.4 Å². The Kier molecular flexibility index (Phi) is 8.39. The van der Waals surface area contributed by atoms with Crippen molar-refractivity contribution in [2.24, 2.45) is 0 Å². The highest BCUT2D eigenvalue weighted by atomic mass is 32.1. The molecular weight excluding hydrogens is 759 g/mol. The van der Waals surface area contributed by atoms with Gasteiger partial charge in [-0.05, 0) is 110 Å². The summed E-state index contributed by atoms with van der Waals surface area (Å²) in [4.78, 5) is 2.43. The Balaban J connectivity index is 0.977. The van der Waals surface area contributed by atoms with Crippen molar-refractivity contribution in [1.29, 1.82) is 0 Å². The summed E-state index contributed by atoms with van der Waals surface area (Å²) < 4.78 is 8.81. The van der Waals surface area contributed by atoms with Crippen molar-refractivity contribution in [1.82, 2.24) is 0 Å². The van der Waals surface area contributed by atoms with Crippen molar-refractivity contribution in [3.8, 4) is 44.5 Å². The van der Waals surface area contributed by atoms with Crippen LogP contribution in [0.25, 0.3) is 97.4 Å². The minimum Gasteiger partial charge on any atom is -0.456 e. The number of thiophene rings is 1. The number of para-hydroxylation sites is 1. The number of fused-ring (bicyclic) bond motifs is 7. The lowest BCUT2D eigenvalue weighted by Crippen LogP contribution is -2.10. The summed E-state index contributed by atoms with van der Waals surface area (Å²) in [6.45, 7) is 0. The average Bonchev–Trinajstić information content (AvgIpc) is 3.92. The first kappa shape index (κ1) is 35.2. The number of anilines is 3. The van der Waals surface area contributed by atoms with E-state index in [-0.39, 0.29) is 0 Å². The van der Waals surface area contributed by atoms with Gasteiger partial charge in [0.05, 0.1) is 10.4 Å². The number of hydrogen-bond donors (Lipinski definition) is 0. The number of nitrogens with zero attached hydrogens (tertiary/aromatic N) is 1. The first-order valence-electron chi connectivity index (χ1n) is 20.7. The first-order chi connectivity index (χ1) is 30.2. The zero-order valence-electron chi connectivity index (χ0n) is 33.1. The molecule has 2 nitrogen and oxygen atoms in total. The minimum absolute atomic E-state index is 0.901. The number of benzene rings is 10. The third-order valence-electron chi connectivity index (χ3n) is 12.1. The molecule has 2 aromatic heterocycles. The van der Waals surface area contributed by atoms with E-state index in [0.29, 0.717) is 0 Å². The van der Waals surface area contributed by atoms with Gasteiger partial charge in [0.25, 0.3) is 0 Å². The molecule has 0 fully saturated rings. The zero-order valence-corrected chi connectivity index (χ0v) is 33.9. The quantitative estimate of drug-likeness (QED) is 0.160. The highest BCUT2D eigenvalue weighted by Gasteiger charge is 2.21. The van der Waals surface area contributed by atoms with Gasteiger partial charge in [-0.15, -0.1) is 11.3 Å². The molecule has 61 heavy (non-hydrogen) atoms. The predicted molar refractivity (Wildman–Crippen MR) is 261 cm³/mol. The second kappa shape index (κ2) is 14.5. The van der Waals surface area contributed by atoms with Gasteiger partial charge in [-0.3, -0.25) is 0 Å². The average molecular weight is 796 g/mol. The van der Waals surface area contributed by atoms with Crippen molar-refractivity contribution >= 4 is 81.3 Å². The molecule has 10 aromatic carbocycles. The van der Waals surface area contributed by atoms with Gasteiger partial charge in [0, 0.05) is 37.6 Å². The van der Waals surface area contributed by atoms with Gasteiger partial charge in [0.2, 0.25) is 0 Å². The van der Waals surface area contributed by atoms with Crippen LogP contribution >= 0.6 is 11.3 Å². The van der Waals surface area contributed by atoms with Gasteiger partial charge in [-0.1, -0.05) is 170 Å². The lowest BCUT2D eigenvalue weighted by Gasteiger charge is -2.27. The van der Waals surface area contributed by atoms with E-state index in [2.05, 4.69) is 217 Å². The maximum Gasteiger partial charge on any atom is 0.136 e. The fourth-order valence-corrected chi connectivity index (χ4v) is 10.3. The summed E-state index contributed by atoms with van der Waals surface area (Å²) in [5, 5.41) is 7.35. The van der Waals surface area contributed by atoms with E-state index in [4.69, 9.17) is 4.42 Å². The lowest BCUT2D eigenvalue weighted by molar-refractivity contribution is 0.669. The van der Waals surface area contributed by atoms with Crippen LogP contribution in [0, 0.1) is 0 Å². The molecule has 0 amide bonds. The molecule has 12 rings (SSSR count). The molecule has 0 unspecified atom stereocenters. The summed E-state index contributed by atoms with van der Waals surface area (Å²) in [7, 11) is 0. The van der Waals surface area contributed by atoms with Crippen LogP contribution < -0.4 is 4.90 Å². The SMILES string of the molecule is c1ccc(-c2ccc(N(c3ccc(-c4ccc(-c5ccc6ccccc6c5)cc4)cc3)c3ccc(-c4cccc5oc6ccccc6c45)cc3)c3sc4ccccc4c23)cc1. The van der Waals surface area contributed by atoms with Gasteiger partial charge < -0.3 is 9.32 Å². The van der Waals surface area contributed by atoms with E-state index in [0.717, 1.165) is 50.1 Å². The Morgan fingerprint density at radius 1 is 0.344 bits per heavy atom. The standard InChI is InChI=1S/C58H37NOS/c1-2-12-42(13-3-1)49-35-36-52(58-57(49)51-16-7-9-20-55(51)61-58)59(47-33-29-43(30-34-47)48-17-10-19-54-56(48)50-15-6-8-18-53(50)60-54)46-31-27-40(28-32-46)39-21-23-41(24-22-39)45-26-25-38-11-4-5-14-44(38)37-45/h1-37H. The third-order valence-corrected chi connectivity index (χ3v) is 13.3. The monoisotopic (exact) mass is 795 g/mol. The number of furan rings is 1. The largest absolute Gasteiger partial charge is 0.456 e. The zero-order chi connectivity index (χ0) is 40.3. The van der Waals surface area contributed by atoms with E-state index in [1.807, 2.05) is 23.5 Å². The van der Waals surface area contributed by atoms with Crippen LogP contribution in [0.5, 0.6) is 0 Å². The highest BCUT2D eigenvalue weighted by molar-refractivity contribution is 7.26. The van der Waals surface area contributed by atoms with Crippen molar-refractivity contribution < 1.29 is 4.42 Å². The van der Waals surface area contributed by atoms with E-state index < -0.39 is 0 Å². The lowest BCUT2D eigenvalue weighted by atomic mass is 9.97. The molecule has 0 bridgehead atoms. The maximum atomic E-state index is 6.27. The fourth-order valence-electron chi connectivity index (χ4n) is 9.11. The summed E-state index contributed by atoms with van der Waals surface area (Å²) in [5.41, 5.74) is 14.7. The second-order valence-corrected chi connectivity index (χ2v) is 16.7. The first-order valence-corrected chi connectivity index (χ1v) is 21.6. The molecule has 0 saturated carbocycles. The van der Waals surface area contributed by atoms with Crippen LogP contribution in [0.15, 0.2) is 229 Å². The van der Waals surface area contributed by atoms with Crippen molar-refractivity contribution in [2.75, 3.05) is 4.90 Å². The van der Waals surface area contributed by atoms with Crippen LogP contribution in [-0.4, -0.2) is 0 Å². The smallest absolute Gasteiger partial charge is 0.136 e. The summed E-state index contributed by atoms with van der Waals surface area (Å²) in [6, 6.07) is 81.2. The summed E-state index contributed by atoms with van der Waals surface area (Å²) in [5.74, 6) is 0. The van der Waals surface area contributed by atoms with Crippen LogP contribution in [0.2, 0.25) is 0 Å². The Morgan fingerprint density at radius 3 is 1.67 bits per heavy atom. The molecule has 0 spiro atoms. The Labute approximate surface area is 357 Å². The van der Waals surface area contributed by atoms with Crippen molar-refractivity contribution in [2.45, 2.75) is 0 Å². The fraction of sp³-hybridized carbons (Fsp3) is 0. The highest BCUT2D eigenvalue weighted by Crippen LogP contribution is 2.49. The molecule has 0 saturated heterocycles. The van der Waals surface area contributed by atoms with E-state index in [9.17, 15) is 0 Å². The molecule has 12 aromatic rings. The van der Waals surface area contributed by atoms with Crippen molar-refractivity contribution in [3.63, 3.8) is 0 Å². The molecule has 2 heterocycles. The van der Waals surface area contributed by atoms with Gasteiger partial charge >= 0.3 is 0 Å².